The Morgan fingerprint density at radius 1 is 0.875 bits per heavy atom. The van der Waals surface area contributed by atoms with E-state index in [4.69, 9.17) is 12.2 Å². The number of unbranched alkanes of at least 4 members (excludes halogenated alkanes) is 6. The summed E-state index contributed by atoms with van der Waals surface area (Å²) < 4.78 is 0.608. The number of rotatable bonds is 8. The first-order valence-electron chi connectivity index (χ1n) is 6.65. The smallest absolute Gasteiger partial charge is 0.130 e. The molecule has 0 aromatic carbocycles. The molecule has 0 rings (SSSR count). The van der Waals surface area contributed by atoms with Crippen LogP contribution in [0.15, 0.2) is 0 Å². The van der Waals surface area contributed by atoms with E-state index in [0.717, 1.165) is 6.54 Å². The summed E-state index contributed by atoms with van der Waals surface area (Å²) in [5, 5.41) is 3.00. The molecule has 0 bridgehead atoms. The first kappa shape index (κ1) is 18.6. The molecule has 0 amide bonds. The zero-order valence-electron chi connectivity index (χ0n) is 11.2. The van der Waals surface area contributed by atoms with Gasteiger partial charge in [-0.05, 0) is 6.42 Å². The summed E-state index contributed by atoms with van der Waals surface area (Å²) in [4.78, 5) is 0. The van der Waals surface area contributed by atoms with Crippen LogP contribution in [0.5, 0.6) is 0 Å². The van der Waals surface area contributed by atoms with Crippen LogP contribution in [0.2, 0.25) is 0 Å². The average Bonchev–Trinajstić information content (AvgIpc) is 2.26. The second-order valence-corrected chi connectivity index (χ2v) is 5.16. The third-order valence-electron chi connectivity index (χ3n) is 2.26. The molecule has 0 fully saturated rings. The number of thiol groups is 1. The predicted molar refractivity (Wildman–Crippen MR) is 83.5 cm³/mol. The standard InChI is InChI=1S/C7H15NS2.C6H14/c1-2-3-4-5-6-8-7(9)10;1-3-5-6-4-2/h2-6H2,1H3,(H2,8,9,10);3-6H2,1-2H3. The second-order valence-electron chi connectivity index (χ2n) is 4.00. The Bertz CT molecular complexity index is 134. The van der Waals surface area contributed by atoms with E-state index in [1.54, 1.807) is 0 Å². The van der Waals surface area contributed by atoms with Gasteiger partial charge in [-0.3, -0.25) is 0 Å². The van der Waals surface area contributed by atoms with E-state index < -0.39 is 0 Å². The lowest BCUT2D eigenvalue weighted by molar-refractivity contribution is 0.657. The fraction of sp³-hybridized carbons (Fsp3) is 0.923. The van der Waals surface area contributed by atoms with Crippen molar-refractivity contribution in [3.05, 3.63) is 0 Å². The van der Waals surface area contributed by atoms with Crippen LogP contribution in [-0.2, 0) is 0 Å². The molecule has 0 aliphatic carbocycles. The number of hydrogen-bond acceptors (Lipinski definition) is 1. The van der Waals surface area contributed by atoms with E-state index in [-0.39, 0.29) is 0 Å². The maximum absolute atomic E-state index is 4.73. The van der Waals surface area contributed by atoms with E-state index in [1.165, 1.54) is 51.4 Å². The Balaban J connectivity index is 0. The Morgan fingerprint density at radius 2 is 1.31 bits per heavy atom. The molecule has 0 spiro atoms. The van der Waals surface area contributed by atoms with Gasteiger partial charge >= 0.3 is 0 Å². The van der Waals surface area contributed by atoms with Crippen LogP contribution in [0, 0.1) is 0 Å². The van der Waals surface area contributed by atoms with Crippen molar-refractivity contribution in [1.29, 1.82) is 0 Å². The van der Waals surface area contributed by atoms with E-state index in [9.17, 15) is 0 Å². The van der Waals surface area contributed by atoms with Crippen molar-refractivity contribution in [1.82, 2.24) is 5.32 Å². The van der Waals surface area contributed by atoms with Crippen molar-refractivity contribution in [2.24, 2.45) is 0 Å². The summed E-state index contributed by atoms with van der Waals surface area (Å²) in [6.07, 6.45) is 10.6. The van der Waals surface area contributed by atoms with Crippen molar-refractivity contribution in [2.75, 3.05) is 6.54 Å². The van der Waals surface area contributed by atoms with E-state index in [2.05, 4.69) is 38.7 Å². The van der Waals surface area contributed by atoms with Crippen LogP contribution < -0.4 is 5.32 Å². The summed E-state index contributed by atoms with van der Waals surface area (Å²) in [5.74, 6) is 0. The van der Waals surface area contributed by atoms with Gasteiger partial charge in [-0.25, -0.2) is 0 Å². The van der Waals surface area contributed by atoms with Gasteiger partial charge in [-0.1, -0.05) is 77.9 Å². The molecule has 0 radical (unpaired) electrons. The normalized spacial score (nSPS) is 9.25. The van der Waals surface area contributed by atoms with Gasteiger partial charge in [0.25, 0.3) is 0 Å². The summed E-state index contributed by atoms with van der Waals surface area (Å²) >= 11 is 8.67. The van der Waals surface area contributed by atoms with Gasteiger partial charge in [0.05, 0.1) is 0 Å². The van der Waals surface area contributed by atoms with Crippen molar-refractivity contribution in [3.8, 4) is 0 Å². The summed E-state index contributed by atoms with van der Waals surface area (Å²) in [6.45, 7) is 7.64. The van der Waals surface area contributed by atoms with Gasteiger partial charge in [-0.15, -0.1) is 12.6 Å². The van der Waals surface area contributed by atoms with Crippen molar-refractivity contribution < 1.29 is 0 Å². The maximum atomic E-state index is 4.73. The average molecular weight is 264 g/mol. The van der Waals surface area contributed by atoms with Crippen LogP contribution >= 0.6 is 24.8 Å². The molecule has 0 heterocycles. The number of hydrogen-bond donors (Lipinski definition) is 2. The highest BCUT2D eigenvalue weighted by Crippen LogP contribution is 1.97. The third-order valence-corrected chi connectivity index (χ3v) is 2.57. The lowest BCUT2D eigenvalue weighted by Gasteiger charge is -2.00. The molecule has 0 saturated carbocycles. The molecule has 1 nitrogen and oxygen atoms in total. The molecule has 98 valence electrons. The van der Waals surface area contributed by atoms with Gasteiger partial charge < -0.3 is 5.32 Å². The first-order chi connectivity index (χ1) is 7.68. The van der Waals surface area contributed by atoms with Crippen LogP contribution in [0.4, 0.5) is 0 Å². The molecule has 0 aromatic heterocycles. The van der Waals surface area contributed by atoms with Crippen LogP contribution in [0.3, 0.4) is 0 Å². The molecule has 1 N–H and O–H groups in total. The van der Waals surface area contributed by atoms with E-state index >= 15 is 0 Å². The topological polar surface area (TPSA) is 12.0 Å². The monoisotopic (exact) mass is 263 g/mol. The molecule has 0 aromatic rings. The Morgan fingerprint density at radius 3 is 1.69 bits per heavy atom. The fourth-order valence-corrected chi connectivity index (χ4v) is 1.46. The zero-order valence-corrected chi connectivity index (χ0v) is 12.9. The Kier molecular flexibility index (Phi) is 20.5. The molecule has 0 atom stereocenters. The van der Waals surface area contributed by atoms with Crippen molar-refractivity contribution in [3.63, 3.8) is 0 Å². The van der Waals surface area contributed by atoms with E-state index in [1.807, 2.05) is 0 Å². The van der Waals surface area contributed by atoms with Gasteiger partial charge in [-0.2, -0.15) is 0 Å². The largest absolute Gasteiger partial charge is 0.371 e. The van der Waals surface area contributed by atoms with Crippen molar-refractivity contribution in [2.45, 2.75) is 72.1 Å². The van der Waals surface area contributed by atoms with Crippen molar-refractivity contribution >= 4 is 29.2 Å². The minimum Gasteiger partial charge on any atom is -0.371 e. The highest BCUT2D eigenvalue weighted by atomic mass is 32.1. The van der Waals surface area contributed by atoms with Crippen LogP contribution in [0.25, 0.3) is 0 Å². The van der Waals surface area contributed by atoms with Gasteiger partial charge in [0.15, 0.2) is 0 Å². The molecule has 0 aliphatic rings. The summed E-state index contributed by atoms with van der Waals surface area (Å²) in [6, 6.07) is 0. The molecule has 16 heavy (non-hydrogen) atoms. The molecular formula is C13H29NS2. The highest BCUT2D eigenvalue weighted by Gasteiger charge is 1.87. The van der Waals surface area contributed by atoms with E-state index in [0.29, 0.717) is 4.32 Å². The minimum atomic E-state index is 0.608. The maximum Gasteiger partial charge on any atom is 0.130 e. The highest BCUT2D eigenvalue weighted by molar-refractivity contribution is 8.11. The molecular weight excluding hydrogens is 234 g/mol. The molecule has 0 aliphatic heterocycles. The van der Waals surface area contributed by atoms with Gasteiger partial charge in [0.1, 0.15) is 4.32 Å². The third kappa shape index (κ3) is 23.8. The Labute approximate surface area is 113 Å². The number of nitrogens with one attached hydrogen (secondary N) is 1. The van der Waals surface area contributed by atoms with Gasteiger partial charge in [0, 0.05) is 6.54 Å². The second kappa shape index (κ2) is 17.6. The lowest BCUT2D eigenvalue weighted by atomic mass is 10.2. The molecule has 3 heteroatoms. The zero-order chi connectivity index (χ0) is 12.6. The SMILES string of the molecule is CCCCCC.CCCCCCNC(=S)S. The van der Waals surface area contributed by atoms with Crippen LogP contribution in [-0.4, -0.2) is 10.9 Å². The lowest BCUT2D eigenvalue weighted by Crippen LogP contribution is -2.17. The van der Waals surface area contributed by atoms with Gasteiger partial charge in [0.2, 0.25) is 0 Å². The van der Waals surface area contributed by atoms with Crippen LogP contribution in [0.1, 0.15) is 72.1 Å². The quantitative estimate of drug-likeness (QED) is 0.365. The number of thiocarbonyl (C=S) groups is 1. The molecule has 0 saturated heterocycles. The fourth-order valence-electron chi connectivity index (χ4n) is 1.25. The first-order valence-corrected chi connectivity index (χ1v) is 7.51. The molecule has 0 unspecified atom stereocenters. The Hall–Kier alpha value is 0.240. The summed E-state index contributed by atoms with van der Waals surface area (Å²) in [5.41, 5.74) is 0. The summed E-state index contributed by atoms with van der Waals surface area (Å²) in [7, 11) is 0. The predicted octanol–water partition coefficient (Wildman–Crippen LogP) is 4.96. The minimum absolute atomic E-state index is 0.608.